The molecule has 0 spiro atoms. The summed E-state index contributed by atoms with van der Waals surface area (Å²) in [4.78, 5) is 10.9. The summed E-state index contributed by atoms with van der Waals surface area (Å²) in [6, 6.07) is 6.67. The Labute approximate surface area is 116 Å². The van der Waals surface area contributed by atoms with Gasteiger partial charge >= 0.3 is 5.97 Å². The number of nitrogens with zero attached hydrogens (tertiary/aromatic N) is 2. The average Bonchev–Trinajstić information content (AvgIpc) is 3.03. The van der Waals surface area contributed by atoms with Crippen LogP contribution in [0.15, 0.2) is 24.3 Å². The molecule has 1 aliphatic rings. The van der Waals surface area contributed by atoms with Crippen LogP contribution in [-0.2, 0) is 17.8 Å². The third kappa shape index (κ3) is 2.04. The number of ether oxygens (including phenoxy) is 1. The fraction of sp³-hybridized carbons (Fsp3) is 0.286. The second kappa shape index (κ2) is 4.97. The van der Waals surface area contributed by atoms with E-state index < -0.39 is 5.97 Å². The quantitative estimate of drug-likeness (QED) is 0.886. The van der Waals surface area contributed by atoms with Crippen LogP contribution in [0, 0.1) is 0 Å². The maximum atomic E-state index is 10.9. The summed E-state index contributed by atoms with van der Waals surface area (Å²) in [6.45, 7) is 1.36. The average molecular weight is 273 g/mol. The second-order valence-electron chi connectivity index (χ2n) is 4.65. The highest BCUT2D eigenvalue weighted by molar-refractivity contribution is 5.87. The lowest BCUT2D eigenvalue weighted by molar-refractivity contribution is 0.0697. The first-order valence-electron chi connectivity index (χ1n) is 6.38. The van der Waals surface area contributed by atoms with E-state index in [9.17, 15) is 4.79 Å². The lowest BCUT2D eigenvalue weighted by Gasteiger charge is -2.06. The normalized spacial score (nSPS) is 13.1. The molecule has 0 aliphatic carbocycles. The molecule has 20 heavy (non-hydrogen) atoms. The summed E-state index contributed by atoms with van der Waals surface area (Å²) < 4.78 is 6.98. The molecule has 2 N–H and O–H groups in total. The highest BCUT2D eigenvalue weighted by Gasteiger charge is 2.22. The smallest absolute Gasteiger partial charge is 0.335 e. The highest BCUT2D eigenvalue weighted by atomic mass is 16.5. The van der Waals surface area contributed by atoms with Crippen molar-refractivity contribution in [2.45, 2.75) is 13.0 Å². The van der Waals surface area contributed by atoms with Crippen LogP contribution in [0.4, 0.5) is 5.82 Å². The van der Waals surface area contributed by atoms with Gasteiger partial charge in [0.1, 0.15) is 5.82 Å². The molecule has 1 aromatic carbocycles. The van der Waals surface area contributed by atoms with Gasteiger partial charge in [-0.05, 0) is 30.7 Å². The second-order valence-corrected chi connectivity index (χ2v) is 4.65. The van der Waals surface area contributed by atoms with Crippen molar-refractivity contribution in [2.75, 3.05) is 19.0 Å². The predicted molar refractivity (Wildman–Crippen MR) is 73.4 cm³/mol. The van der Waals surface area contributed by atoms with E-state index in [2.05, 4.69) is 10.4 Å². The van der Waals surface area contributed by atoms with E-state index in [1.54, 1.807) is 31.4 Å². The van der Waals surface area contributed by atoms with Gasteiger partial charge in [0.25, 0.3) is 0 Å². The molecule has 0 radical (unpaired) electrons. The Kier molecular flexibility index (Phi) is 3.15. The molecule has 2 aromatic rings. The summed E-state index contributed by atoms with van der Waals surface area (Å²) in [7, 11) is 1.65. The number of carboxylic acids is 1. The van der Waals surface area contributed by atoms with Gasteiger partial charge in [-0.1, -0.05) is 0 Å². The minimum atomic E-state index is -0.930. The van der Waals surface area contributed by atoms with E-state index in [1.165, 1.54) is 5.56 Å². The molecule has 1 aromatic heterocycles. The van der Waals surface area contributed by atoms with E-state index in [4.69, 9.17) is 9.84 Å². The van der Waals surface area contributed by atoms with Crippen LogP contribution in [0.1, 0.15) is 21.6 Å². The van der Waals surface area contributed by atoms with Gasteiger partial charge in [-0.25, -0.2) is 9.48 Å². The summed E-state index contributed by atoms with van der Waals surface area (Å²) in [5, 5.41) is 16.8. The number of aromatic carboxylic acids is 1. The van der Waals surface area contributed by atoms with Crippen molar-refractivity contribution in [3.05, 3.63) is 41.1 Å². The number of rotatable bonds is 4. The summed E-state index contributed by atoms with van der Waals surface area (Å²) in [5.41, 5.74) is 3.20. The van der Waals surface area contributed by atoms with Gasteiger partial charge in [0.05, 0.1) is 23.6 Å². The van der Waals surface area contributed by atoms with Crippen LogP contribution in [0.25, 0.3) is 5.69 Å². The highest BCUT2D eigenvalue weighted by Crippen LogP contribution is 2.29. The van der Waals surface area contributed by atoms with Gasteiger partial charge < -0.3 is 15.2 Å². The van der Waals surface area contributed by atoms with Crippen molar-refractivity contribution in [3.63, 3.8) is 0 Å². The van der Waals surface area contributed by atoms with Crippen molar-refractivity contribution in [1.82, 2.24) is 9.78 Å². The summed E-state index contributed by atoms with van der Waals surface area (Å²) in [5.74, 6) is 0.0422. The van der Waals surface area contributed by atoms with Crippen molar-refractivity contribution < 1.29 is 14.6 Å². The fourth-order valence-corrected chi connectivity index (χ4v) is 2.43. The van der Waals surface area contributed by atoms with Crippen LogP contribution < -0.4 is 5.32 Å². The molecule has 0 bridgehead atoms. The number of aromatic nitrogens is 2. The molecule has 6 heteroatoms. The molecule has 1 aliphatic heterocycles. The van der Waals surface area contributed by atoms with Gasteiger partial charge in [-0.3, -0.25) is 0 Å². The van der Waals surface area contributed by atoms with Crippen LogP contribution in [0.5, 0.6) is 0 Å². The van der Waals surface area contributed by atoms with Crippen molar-refractivity contribution in [3.8, 4) is 5.69 Å². The molecule has 0 saturated heterocycles. The Morgan fingerprint density at radius 2 is 2.20 bits per heavy atom. The number of nitrogens with one attached hydrogen (secondary N) is 1. The van der Waals surface area contributed by atoms with Crippen LogP contribution in [0.2, 0.25) is 0 Å². The van der Waals surface area contributed by atoms with Gasteiger partial charge in [0.15, 0.2) is 0 Å². The molecule has 0 unspecified atom stereocenters. The Bertz CT molecular complexity index is 646. The monoisotopic (exact) mass is 273 g/mol. The minimum absolute atomic E-state index is 0.266. The maximum absolute atomic E-state index is 10.9. The van der Waals surface area contributed by atoms with Gasteiger partial charge in [-0.2, -0.15) is 5.10 Å². The number of benzene rings is 1. The molecule has 2 heterocycles. The first-order valence-corrected chi connectivity index (χ1v) is 6.38. The van der Waals surface area contributed by atoms with E-state index >= 15 is 0 Å². The van der Waals surface area contributed by atoms with E-state index in [1.807, 2.05) is 4.68 Å². The zero-order valence-electron chi connectivity index (χ0n) is 11.1. The first-order chi connectivity index (χ1) is 9.70. The number of methoxy groups -OCH3 is 1. The van der Waals surface area contributed by atoms with Crippen molar-refractivity contribution in [2.24, 2.45) is 0 Å². The molecule has 104 valence electrons. The Morgan fingerprint density at radius 3 is 2.85 bits per heavy atom. The number of hydrogen-bond donors (Lipinski definition) is 2. The fourth-order valence-electron chi connectivity index (χ4n) is 2.43. The first kappa shape index (κ1) is 12.7. The molecule has 6 nitrogen and oxygen atoms in total. The van der Waals surface area contributed by atoms with Crippen LogP contribution in [0.3, 0.4) is 0 Å². The molecule has 0 amide bonds. The van der Waals surface area contributed by atoms with Crippen molar-refractivity contribution >= 4 is 11.8 Å². The van der Waals surface area contributed by atoms with Crippen LogP contribution in [-0.4, -0.2) is 34.5 Å². The Hall–Kier alpha value is -2.34. The zero-order chi connectivity index (χ0) is 14.1. The van der Waals surface area contributed by atoms with Gasteiger partial charge in [0, 0.05) is 19.2 Å². The number of carboxylic acid groups (broad SMARTS) is 1. The largest absolute Gasteiger partial charge is 0.478 e. The predicted octanol–water partition coefficient (Wildman–Crippen LogP) is 1.68. The molecule has 0 saturated carbocycles. The number of fused-ring (bicyclic) bond motifs is 1. The Balaban J connectivity index is 2.01. The summed E-state index contributed by atoms with van der Waals surface area (Å²) in [6.07, 6.45) is 0.932. The third-order valence-corrected chi connectivity index (χ3v) is 3.37. The lowest BCUT2D eigenvalue weighted by Crippen LogP contribution is -2.05. The lowest BCUT2D eigenvalue weighted by atomic mass is 10.2. The standard InChI is InChI=1S/C14H15N3O3/c1-20-8-12-11-6-7-15-13(11)17(16-12)10-4-2-9(3-5-10)14(18)19/h2-5,15H,6-8H2,1H3,(H,18,19). The summed E-state index contributed by atoms with van der Waals surface area (Å²) >= 11 is 0. The molecular weight excluding hydrogens is 258 g/mol. The number of carbonyl (C=O) groups is 1. The minimum Gasteiger partial charge on any atom is -0.478 e. The van der Waals surface area contributed by atoms with E-state index in [0.717, 1.165) is 30.2 Å². The molecule has 0 atom stereocenters. The number of anilines is 1. The molecule has 0 fully saturated rings. The number of hydrogen-bond acceptors (Lipinski definition) is 4. The van der Waals surface area contributed by atoms with Gasteiger partial charge in [0.2, 0.25) is 0 Å². The third-order valence-electron chi connectivity index (χ3n) is 3.37. The Morgan fingerprint density at radius 1 is 1.45 bits per heavy atom. The van der Waals surface area contributed by atoms with Crippen LogP contribution >= 0.6 is 0 Å². The van der Waals surface area contributed by atoms with Crippen molar-refractivity contribution in [1.29, 1.82) is 0 Å². The SMILES string of the molecule is COCc1nn(-c2ccc(C(=O)O)cc2)c2c1CCN2. The molecule has 3 rings (SSSR count). The van der Waals surface area contributed by atoms with E-state index in [0.29, 0.717) is 6.61 Å². The van der Waals surface area contributed by atoms with Gasteiger partial charge in [-0.15, -0.1) is 0 Å². The van der Waals surface area contributed by atoms with E-state index in [-0.39, 0.29) is 5.56 Å². The zero-order valence-corrected chi connectivity index (χ0v) is 11.1. The topological polar surface area (TPSA) is 76.4 Å². The maximum Gasteiger partial charge on any atom is 0.335 e. The molecular formula is C14H15N3O3.